The van der Waals surface area contributed by atoms with Crippen LogP contribution in [0.25, 0.3) is 22.2 Å². The molecule has 0 unspecified atom stereocenters. The van der Waals surface area contributed by atoms with Crippen molar-refractivity contribution in [1.29, 1.82) is 0 Å². The highest BCUT2D eigenvalue weighted by Gasteiger charge is 2.21. The van der Waals surface area contributed by atoms with E-state index in [0.717, 1.165) is 39.0 Å². The van der Waals surface area contributed by atoms with Crippen molar-refractivity contribution in [3.63, 3.8) is 0 Å². The maximum Gasteiger partial charge on any atom is 0.219 e. The molecule has 6 nitrogen and oxygen atoms in total. The lowest BCUT2D eigenvalue weighted by Crippen LogP contribution is -1.99. The molecule has 0 spiro atoms. The van der Waals surface area contributed by atoms with Gasteiger partial charge in [0, 0.05) is 36.3 Å². The maximum absolute atomic E-state index is 14.1. The van der Waals surface area contributed by atoms with Crippen LogP contribution in [-0.2, 0) is 7.05 Å². The molecule has 0 amide bonds. The molecule has 0 aliphatic heterocycles. The largest absolute Gasteiger partial charge is 0.494 e. The van der Waals surface area contributed by atoms with Crippen molar-refractivity contribution in [2.45, 2.75) is 19.8 Å². The number of ether oxygens (including phenoxy) is 2. The Morgan fingerprint density at radius 3 is 2.67 bits per heavy atom. The summed E-state index contributed by atoms with van der Waals surface area (Å²) in [4.78, 5) is 7.81. The van der Waals surface area contributed by atoms with Crippen LogP contribution < -0.4 is 9.47 Å². The Morgan fingerprint density at radius 1 is 1.20 bits per heavy atom. The lowest BCUT2D eigenvalue weighted by molar-refractivity contribution is 0.375. The molecule has 8 heteroatoms. The predicted octanol–water partition coefficient (Wildman–Crippen LogP) is 5.23. The van der Waals surface area contributed by atoms with Gasteiger partial charge in [-0.3, -0.25) is 0 Å². The highest BCUT2D eigenvalue weighted by atomic mass is 35.5. The highest BCUT2D eigenvalue weighted by molar-refractivity contribution is 6.31. The maximum atomic E-state index is 14.1. The Morgan fingerprint density at radius 2 is 1.97 bits per heavy atom. The number of methoxy groups -OCH3 is 2. The zero-order chi connectivity index (χ0) is 21.6. The van der Waals surface area contributed by atoms with Crippen molar-refractivity contribution in [3.8, 4) is 22.8 Å². The van der Waals surface area contributed by atoms with Gasteiger partial charge in [0.05, 0.1) is 30.5 Å². The molecule has 30 heavy (non-hydrogen) atoms. The molecular formula is C22H22ClFN4O2. The minimum atomic E-state index is -0.558. The number of aromatic amines is 1. The third kappa shape index (κ3) is 3.19. The molecule has 1 atom stereocenters. The minimum absolute atomic E-state index is 0.0329. The number of benzene rings is 1. The molecular weight excluding hydrogens is 407 g/mol. The summed E-state index contributed by atoms with van der Waals surface area (Å²) in [5.74, 6) is 0.171. The highest BCUT2D eigenvalue weighted by Crippen LogP contribution is 2.38. The quantitative estimate of drug-likeness (QED) is 0.472. The van der Waals surface area contributed by atoms with Crippen molar-refractivity contribution in [1.82, 2.24) is 19.7 Å². The summed E-state index contributed by atoms with van der Waals surface area (Å²) in [7, 11) is 4.90. The average Bonchev–Trinajstić information content (AvgIpc) is 3.28. The van der Waals surface area contributed by atoms with E-state index in [2.05, 4.69) is 21.1 Å². The van der Waals surface area contributed by atoms with Gasteiger partial charge in [0.25, 0.3) is 0 Å². The fraction of sp³-hybridized carbons (Fsp3) is 0.273. The van der Waals surface area contributed by atoms with Gasteiger partial charge < -0.3 is 14.5 Å². The summed E-state index contributed by atoms with van der Waals surface area (Å²) in [5.41, 5.74) is 5.30. The third-order valence-corrected chi connectivity index (χ3v) is 5.69. The second-order valence-electron chi connectivity index (χ2n) is 7.20. The average molecular weight is 429 g/mol. The number of hydrogen-bond acceptors (Lipinski definition) is 4. The molecule has 0 saturated heterocycles. The molecule has 0 radical (unpaired) electrons. The summed E-state index contributed by atoms with van der Waals surface area (Å²) in [5, 5.41) is 5.46. The lowest BCUT2D eigenvalue weighted by Gasteiger charge is -2.14. The van der Waals surface area contributed by atoms with Gasteiger partial charge in [-0.1, -0.05) is 18.5 Å². The van der Waals surface area contributed by atoms with E-state index >= 15 is 0 Å². The molecule has 156 valence electrons. The summed E-state index contributed by atoms with van der Waals surface area (Å²) in [6, 6.07) is 5.38. The zero-order valence-corrected chi connectivity index (χ0v) is 18.1. The van der Waals surface area contributed by atoms with Gasteiger partial charge in [-0.15, -0.1) is 0 Å². The van der Waals surface area contributed by atoms with Gasteiger partial charge in [0.2, 0.25) is 5.88 Å². The van der Waals surface area contributed by atoms with Crippen LogP contribution in [0.15, 0.2) is 30.6 Å². The Bertz CT molecular complexity index is 1250. The number of halogens is 2. The predicted molar refractivity (Wildman–Crippen MR) is 115 cm³/mol. The molecule has 1 aromatic carbocycles. The Labute approximate surface area is 178 Å². The van der Waals surface area contributed by atoms with Crippen molar-refractivity contribution >= 4 is 22.6 Å². The SMILES string of the molecule is COc1cc([C@H](C)c2c[nH]c3ncc(-c4c(C)nn(C)c4OC)cc23)cc(Cl)c1F. The van der Waals surface area contributed by atoms with Crippen LogP contribution in [-0.4, -0.2) is 34.0 Å². The number of pyridine rings is 1. The van der Waals surface area contributed by atoms with Gasteiger partial charge in [0.1, 0.15) is 5.65 Å². The number of nitrogens with one attached hydrogen (secondary N) is 1. The molecule has 3 aromatic heterocycles. The normalized spacial score (nSPS) is 12.4. The smallest absolute Gasteiger partial charge is 0.219 e. The van der Waals surface area contributed by atoms with Crippen LogP contribution in [0.3, 0.4) is 0 Å². The molecule has 4 aromatic rings. The van der Waals surface area contributed by atoms with Crippen molar-refractivity contribution in [2.24, 2.45) is 7.05 Å². The number of fused-ring (bicyclic) bond motifs is 1. The van der Waals surface area contributed by atoms with Crippen LogP contribution >= 0.6 is 11.6 Å². The van der Waals surface area contributed by atoms with Crippen LogP contribution in [0.4, 0.5) is 4.39 Å². The first-order chi connectivity index (χ1) is 14.3. The second kappa shape index (κ2) is 7.65. The summed E-state index contributed by atoms with van der Waals surface area (Å²) >= 11 is 6.08. The molecule has 0 bridgehead atoms. The fourth-order valence-corrected chi connectivity index (χ4v) is 4.10. The van der Waals surface area contributed by atoms with Crippen molar-refractivity contribution < 1.29 is 13.9 Å². The number of hydrogen-bond donors (Lipinski definition) is 1. The third-order valence-electron chi connectivity index (χ3n) is 5.42. The molecule has 0 aliphatic rings. The topological polar surface area (TPSA) is 65.0 Å². The summed E-state index contributed by atoms with van der Waals surface area (Å²) in [6.45, 7) is 3.98. The van der Waals surface area contributed by atoms with E-state index in [1.807, 2.05) is 27.1 Å². The van der Waals surface area contributed by atoms with Gasteiger partial charge in [-0.25, -0.2) is 14.1 Å². The first-order valence-corrected chi connectivity index (χ1v) is 9.81. The van der Waals surface area contributed by atoms with Crippen LogP contribution in [0.1, 0.15) is 29.7 Å². The van der Waals surface area contributed by atoms with E-state index in [9.17, 15) is 4.39 Å². The molecule has 3 heterocycles. The number of nitrogens with zero attached hydrogens (tertiary/aromatic N) is 3. The molecule has 4 rings (SSSR count). The van der Waals surface area contributed by atoms with E-state index in [-0.39, 0.29) is 16.7 Å². The number of H-pyrrole nitrogens is 1. The van der Waals surface area contributed by atoms with Crippen molar-refractivity contribution in [2.75, 3.05) is 14.2 Å². The molecule has 0 fully saturated rings. The van der Waals surface area contributed by atoms with E-state index < -0.39 is 5.82 Å². The van der Waals surface area contributed by atoms with E-state index in [1.165, 1.54) is 7.11 Å². The first-order valence-electron chi connectivity index (χ1n) is 9.43. The van der Waals surface area contributed by atoms with Gasteiger partial charge in [-0.2, -0.15) is 5.10 Å². The monoisotopic (exact) mass is 428 g/mol. The van der Waals surface area contributed by atoms with Crippen LogP contribution in [0, 0.1) is 12.7 Å². The van der Waals surface area contributed by atoms with Gasteiger partial charge in [0.15, 0.2) is 11.6 Å². The number of aromatic nitrogens is 4. The summed E-state index contributed by atoms with van der Waals surface area (Å²) < 4.78 is 26.5. The minimum Gasteiger partial charge on any atom is -0.494 e. The second-order valence-corrected chi connectivity index (χ2v) is 7.61. The number of rotatable bonds is 5. The van der Waals surface area contributed by atoms with E-state index in [4.69, 9.17) is 21.1 Å². The van der Waals surface area contributed by atoms with Crippen LogP contribution in [0.5, 0.6) is 11.6 Å². The Hall–Kier alpha value is -3.06. The van der Waals surface area contributed by atoms with Gasteiger partial charge >= 0.3 is 0 Å². The Kier molecular flexibility index (Phi) is 5.15. The van der Waals surface area contributed by atoms with Crippen LogP contribution in [0.2, 0.25) is 5.02 Å². The standard InChI is InChI=1S/C22H22ClFN4O2/c1-11(13-7-17(23)20(24)18(8-13)29-4)16-10-26-21-15(16)6-14(9-25-21)19-12(2)27-28(3)22(19)30-5/h6-11H,1-5H3,(H,25,26)/t11-/m0/s1. The molecule has 0 saturated carbocycles. The molecule has 0 aliphatic carbocycles. The Balaban J connectivity index is 1.84. The fourth-order valence-electron chi connectivity index (χ4n) is 3.88. The van der Waals surface area contributed by atoms with E-state index in [0.29, 0.717) is 5.88 Å². The van der Waals surface area contributed by atoms with Crippen molar-refractivity contribution in [3.05, 3.63) is 58.3 Å². The number of aryl methyl sites for hydroxylation is 2. The lowest BCUT2D eigenvalue weighted by atomic mass is 9.92. The van der Waals surface area contributed by atoms with E-state index in [1.54, 1.807) is 30.1 Å². The molecule has 1 N–H and O–H groups in total. The zero-order valence-electron chi connectivity index (χ0n) is 17.4. The first kappa shape index (κ1) is 20.2. The van der Waals surface area contributed by atoms with Gasteiger partial charge in [-0.05, 0) is 36.2 Å². The summed E-state index contributed by atoms with van der Waals surface area (Å²) in [6.07, 6.45) is 3.72.